The third-order valence-corrected chi connectivity index (χ3v) is 6.84. The molecule has 3 heteroatoms. The van der Waals surface area contributed by atoms with Crippen LogP contribution in [0.2, 0.25) is 0 Å². The van der Waals surface area contributed by atoms with Crippen molar-refractivity contribution in [3.05, 3.63) is 69.8 Å². The Morgan fingerprint density at radius 3 is 1.64 bits per heavy atom. The van der Waals surface area contributed by atoms with E-state index < -0.39 is 0 Å². The molecule has 2 aliphatic rings. The molecule has 2 aromatic carbocycles. The quantitative estimate of drug-likeness (QED) is 0.459. The molecule has 1 nitrogen and oxygen atoms in total. The predicted molar refractivity (Wildman–Crippen MR) is 111 cm³/mol. The topological polar surface area (TPSA) is 9.23 Å². The number of benzene rings is 2. The van der Waals surface area contributed by atoms with Crippen molar-refractivity contribution in [1.29, 1.82) is 0 Å². The average Bonchev–Trinajstić information content (AvgIpc) is 3.31. The summed E-state index contributed by atoms with van der Waals surface area (Å²) in [4.78, 5) is 0. The van der Waals surface area contributed by atoms with Gasteiger partial charge in [-0.25, -0.2) is 0 Å². The van der Waals surface area contributed by atoms with Gasteiger partial charge < -0.3 is 4.74 Å². The van der Waals surface area contributed by atoms with Gasteiger partial charge in [-0.05, 0) is 71.9 Å². The summed E-state index contributed by atoms with van der Waals surface area (Å²) >= 11 is 7.43. The number of ether oxygens (including phenoxy) is 1. The highest BCUT2D eigenvalue weighted by atomic mass is 79.9. The molecule has 0 saturated carbocycles. The summed E-state index contributed by atoms with van der Waals surface area (Å²) in [5.74, 6) is 0. The monoisotopic (exact) mass is 462 g/mol. The summed E-state index contributed by atoms with van der Waals surface area (Å²) in [6.07, 6.45) is 7.57. The third-order valence-electron chi connectivity index (χ3n) is 5.67. The summed E-state index contributed by atoms with van der Waals surface area (Å²) in [6, 6.07) is 13.5. The van der Waals surface area contributed by atoms with Crippen LogP contribution in [0.4, 0.5) is 0 Å². The second-order valence-corrected chi connectivity index (χ2v) is 8.39. The van der Waals surface area contributed by atoms with E-state index in [4.69, 9.17) is 4.74 Å². The van der Waals surface area contributed by atoms with Crippen LogP contribution < -0.4 is 0 Å². The van der Waals surface area contributed by atoms with Crippen molar-refractivity contribution in [1.82, 2.24) is 0 Å². The van der Waals surface area contributed by atoms with Gasteiger partial charge in [0.2, 0.25) is 0 Å². The summed E-state index contributed by atoms with van der Waals surface area (Å²) < 4.78 is 6.68. The Labute approximate surface area is 167 Å². The van der Waals surface area contributed by atoms with E-state index in [0.717, 1.165) is 10.7 Å². The fourth-order valence-corrected chi connectivity index (χ4v) is 5.49. The summed E-state index contributed by atoms with van der Waals surface area (Å²) in [5, 5.41) is 1.67. The zero-order valence-corrected chi connectivity index (χ0v) is 17.6. The average molecular weight is 464 g/mol. The first-order chi connectivity index (χ1) is 12.3. The molecule has 0 saturated heterocycles. The Bertz CT molecular complexity index is 692. The highest BCUT2D eigenvalue weighted by Gasteiger charge is 2.26. The molecule has 0 bridgehead atoms. The van der Waals surface area contributed by atoms with E-state index in [1.54, 1.807) is 0 Å². The summed E-state index contributed by atoms with van der Waals surface area (Å²) in [6.45, 7) is 0. The van der Waals surface area contributed by atoms with Crippen molar-refractivity contribution in [3.63, 3.8) is 0 Å². The third kappa shape index (κ3) is 3.48. The summed E-state index contributed by atoms with van der Waals surface area (Å²) in [5.41, 5.74) is 8.85. The van der Waals surface area contributed by atoms with Crippen LogP contribution in [0, 0.1) is 0 Å². The molecule has 25 heavy (non-hydrogen) atoms. The standard InChI is InChI=1S/C22H24Br2O/c23-13-21(19-11-3-7-15-5-1-9-17(15)19)25-22(14-24)20-12-4-8-16-6-2-10-18(16)20/h3-4,7-8,11-12,21-22H,1-2,5-6,9-10,13-14H2. The molecule has 2 aromatic rings. The Balaban J connectivity index is 1.63. The lowest BCUT2D eigenvalue weighted by molar-refractivity contribution is 0.0120. The largest absolute Gasteiger partial charge is 0.364 e. The van der Waals surface area contributed by atoms with Crippen molar-refractivity contribution in [2.24, 2.45) is 0 Å². The minimum atomic E-state index is 0.104. The van der Waals surface area contributed by atoms with Crippen molar-refractivity contribution in [2.45, 2.75) is 50.7 Å². The maximum atomic E-state index is 6.68. The first-order valence-corrected chi connectivity index (χ1v) is 11.5. The Hall–Kier alpha value is -0.640. The van der Waals surface area contributed by atoms with E-state index >= 15 is 0 Å². The van der Waals surface area contributed by atoms with Gasteiger partial charge in [-0.1, -0.05) is 68.3 Å². The normalized spacial score (nSPS) is 18.0. The van der Waals surface area contributed by atoms with E-state index in [1.165, 1.54) is 71.9 Å². The molecule has 132 valence electrons. The number of fused-ring (bicyclic) bond motifs is 2. The maximum Gasteiger partial charge on any atom is 0.0933 e. The number of hydrogen-bond donors (Lipinski definition) is 0. The first kappa shape index (κ1) is 17.8. The van der Waals surface area contributed by atoms with Crippen LogP contribution in [0.15, 0.2) is 36.4 Å². The number of aryl methyl sites for hydroxylation is 2. The van der Waals surface area contributed by atoms with Gasteiger partial charge in [0.1, 0.15) is 0 Å². The molecule has 0 aromatic heterocycles. The smallest absolute Gasteiger partial charge is 0.0933 e. The SMILES string of the molecule is BrCC(OC(CBr)c1cccc2c1CCC2)c1cccc2c1CCC2. The maximum absolute atomic E-state index is 6.68. The van der Waals surface area contributed by atoms with E-state index in [9.17, 15) is 0 Å². The molecule has 0 heterocycles. The molecule has 2 atom stereocenters. The van der Waals surface area contributed by atoms with Crippen molar-refractivity contribution >= 4 is 31.9 Å². The Morgan fingerprint density at radius 1 is 0.720 bits per heavy atom. The van der Waals surface area contributed by atoms with Gasteiger partial charge in [0, 0.05) is 10.7 Å². The first-order valence-electron chi connectivity index (χ1n) is 9.30. The minimum absolute atomic E-state index is 0.104. The Morgan fingerprint density at radius 2 is 1.20 bits per heavy atom. The molecule has 0 spiro atoms. The van der Waals surface area contributed by atoms with Crippen LogP contribution in [0.5, 0.6) is 0 Å². The molecule has 0 N–H and O–H groups in total. The number of rotatable bonds is 6. The molecular formula is C22H24Br2O. The second-order valence-electron chi connectivity index (χ2n) is 7.10. The molecule has 2 aliphatic carbocycles. The van der Waals surface area contributed by atoms with Crippen molar-refractivity contribution in [2.75, 3.05) is 10.7 Å². The predicted octanol–water partition coefficient (Wildman–Crippen LogP) is 6.25. The van der Waals surface area contributed by atoms with Gasteiger partial charge in [-0.3, -0.25) is 0 Å². The van der Waals surface area contributed by atoms with E-state index in [2.05, 4.69) is 68.3 Å². The van der Waals surface area contributed by atoms with Crippen LogP contribution in [0.25, 0.3) is 0 Å². The number of hydrogen-bond acceptors (Lipinski definition) is 1. The lowest BCUT2D eigenvalue weighted by atomic mass is 9.98. The van der Waals surface area contributed by atoms with Gasteiger partial charge in [0.15, 0.2) is 0 Å². The molecular weight excluding hydrogens is 440 g/mol. The van der Waals surface area contributed by atoms with E-state index in [-0.39, 0.29) is 12.2 Å². The van der Waals surface area contributed by atoms with Crippen molar-refractivity contribution < 1.29 is 4.74 Å². The molecule has 0 aliphatic heterocycles. The zero-order chi connectivity index (χ0) is 17.2. The van der Waals surface area contributed by atoms with Gasteiger partial charge >= 0.3 is 0 Å². The number of halogens is 2. The van der Waals surface area contributed by atoms with Gasteiger partial charge in [-0.15, -0.1) is 0 Å². The van der Waals surface area contributed by atoms with Crippen LogP contribution >= 0.6 is 31.9 Å². The fourth-order valence-electron chi connectivity index (χ4n) is 4.49. The molecule has 2 unspecified atom stereocenters. The summed E-state index contributed by atoms with van der Waals surface area (Å²) in [7, 11) is 0. The number of alkyl halides is 2. The highest BCUT2D eigenvalue weighted by Crippen LogP contribution is 2.37. The van der Waals surface area contributed by atoms with Gasteiger partial charge in [0.05, 0.1) is 12.2 Å². The molecule has 4 rings (SSSR count). The lowest BCUT2D eigenvalue weighted by Crippen LogP contribution is -2.16. The molecule has 0 fully saturated rings. The van der Waals surface area contributed by atoms with Gasteiger partial charge in [0.25, 0.3) is 0 Å². The lowest BCUT2D eigenvalue weighted by Gasteiger charge is -2.26. The molecule has 0 radical (unpaired) electrons. The minimum Gasteiger partial charge on any atom is -0.364 e. The fraction of sp³-hybridized carbons (Fsp3) is 0.455. The zero-order valence-electron chi connectivity index (χ0n) is 14.4. The highest BCUT2D eigenvalue weighted by molar-refractivity contribution is 9.09. The second kappa shape index (κ2) is 7.94. The van der Waals surface area contributed by atoms with E-state index in [0.29, 0.717) is 0 Å². The van der Waals surface area contributed by atoms with Crippen molar-refractivity contribution in [3.8, 4) is 0 Å². The van der Waals surface area contributed by atoms with Crippen LogP contribution in [-0.4, -0.2) is 10.7 Å². The van der Waals surface area contributed by atoms with E-state index in [1.807, 2.05) is 0 Å². The Kier molecular flexibility index (Phi) is 5.64. The van der Waals surface area contributed by atoms with Crippen LogP contribution in [0.1, 0.15) is 58.4 Å². The molecule has 0 amide bonds. The van der Waals surface area contributed by atoms with Gasteiger partial charge in [-0.2, -0.15) is 0 Å². The van der Waals surface area contributed by atoms with Crippen LogP contribution in [-0.2, 0) is 30.4 Å². The van der Waals surface area contributed by atoms with Crippen LogP contribution in [0.3, 0.4) is 0 Å².